The summed E-state index contributed by atoms with van der Waals surface area (Å²) in [7, 11) is 1.98. The van der Waals surface area contributed by atoms with Crippen LogP contribution in [0, 0.1) is 0 Å². The van der Waals surface area contributed by atoms with Gasteiger partial charge in [0, 0.05) is 31.5 Å². The standard InChI is InChI=1S/C17H23N3O/c1-20(12-15-8-5-9-19-11-15)13-17(21)16(18)10-14-6-3-2-4-7-14/h2-9,11,16-17,21H,10,12-13,18H2,1H3. The summed E-state index contributed by atoms with van der Waals surface area (Å²) in [6.45, 7) is 1.30. The van der Waals surface area contributed by atoms with Gasteiger partial charge in [-0.25, -0.2) is 0 Å². The van der Waals surface area contributed by atoms with Crippen LogP contribution in [-0.2, 0) is 13.0 Å². The molecule has 4 nitrogen and oxygen atoms in total. The number of aliphatic hydroxyl groups excluding tert-OH is 1. The Morgan fingerprint density at radius 2 is 1.86 bits per heavy atom. The summed E-state index contributed by atoms with van der Waals surface area (Å²) in [5.41, 5.74) is 8.38. The summed E-state index contributed by atoms with van der Waals surface area (Å²) in [4.78, 5) is 6.16. The van der Waals surface area contributed by atoms with E-state index in [0.29, 0.717) is 13.0 Å². The van der Waals surface area contributed by atoms with E-state index in [4.69, 9.17) is 5.73 Å². The third-order valence-corrected chi connectivity index (χ3v) is 3.48. The average Bonchev–Trinajstić information content (AvgIpc) is 2.49. The number of nitrogens with two attached hydrogens (primary N) is 1. The maximum atomic E-state index is 10.2. The molecule has 0 saturated heterocycles. The molecule has 21 heavy (non-hydrogen) atoms. The molecule has 2 atom stereocenters. The second kappa shape index (κ2) is 7.88. The molecular formula is C17H23N3O. The van der Waals surface area contributed by atoms with Crippen LogP contribution in [0.4, 0.5) is 0 Å². The highest BCUT2D eigenvalue weighted by molar-refractivity contribution is 5.16. The molecule has 0 amide bonds. The van der Waals surface area contributed by atoms with Crippen molar-refractivity contribution in [2.45, 2.75) is 25.1 Å². The van der Waals surface area contributed by atoms with E-state index in [1.54, 1.807) is 6.20 Å². The lowest BCUT2D eigenvalue weighted by Crippen LogP contribution is -2.43. The SMILES string of the molecule is CN(Cc1cccnc1)CC(O)C(N)Cc1ccccc1. The molecule has 1 aromatic heterocycles. The minimum atomic E-state index is -0.549. The van der Waals surface area contributed by atoms with Gasteiger partial charge in [-0.05, 0) is 30.7 Å². The topological polar surface area (TPSA) is 62.4 Å². The number of hydrogen-bond donors (Lipinski definition) is 2. The van der Waals surface area contributed by atoms with Crippen LogP contribution in [-0.4, -0.2) is 40.7 Å². The summed E-state index contributed by atoms with van der Waals surface area (Å²) in [5.74, 6) is 0. The lowest BCUT2D eigenvalue weighted by molar-refractivity contribution is 0.0992. The Labute approximate surface area is 126 Å². The Bertz CT molecular complexity index is 518. The van der Waals surface area contributed by atoms with Gasteiger partial charge < -0.3 is 10.8 Å². The van der Waals surface area contributed by atoms with Crippen LogP contribution in [0.2, 0.25) is 0 Å². The van der Waals surface area contributed by atoms with E-state index in [-0.39, 0.29) is 6.04 Å². The van der Waals surface area contributed by atoms with E-state index in [0.717, 1.165) is 17.7 Å². The molecule has 0 aliphatic rings. The predicted molar refractivity (Wildman–Crippen MR) is 84.7 cm³/mol. The van der Waals surface area contributed by atoms with Crippen molar-refractivity contribution < 1.29 is 5.11 Å². The molecule has 0 aliphatic heterocycles. The van der Waals surface area contributed by atoms with Crippen LogP contribution in [0.15, 0.2) is 54.9 Å². The van der Waals surface area contributed by atoms with Crippen molar-refractivity contribution >= 4 is 0 Å². The smallest absolute Gasteiger partial charge is 0.0820 e. The lowest BCUT2D eigenvalue weighted by atomic mass is 10.0. The molecule has 1 aromatic carbocycles. The van der Waals surface area contributed by atoms with E-state index < -0.39 is 6.10 Å². The van der Waals surface area contributed by atoms with Crippen molar-refractivity contribution in [3.05, 3.63) is 66.0 Å². The predicted octanol–water partition coefficient (Wildman–Crippen LogP) is 1.44. The van der Waals surface area contributed by atoms with Crippen LogP contribution in [0.25, 0.3) is 0 Å². The fourth-order valence-corrected chi connectivity index (χ4v) is 2.34. The molecule has 1 heterocycles. The highest BCUT2D eigenvalue weighted by Gasteiger charge is 2.17. The van der Waals surface area contributed by atoms with Gasteiger partial charge in [0.2, 0.25) is 0 Å². The molecule has 4 heteroatoms. The van der Waals surface area contributed by atoms with E-state index in [9.17, 15) is 5.11 Å². The van der Waals surface area contributed by atoms with Gasteiger partial charge in [-0.15, -0.1) is 0 Å². The van der Waals surface area contributed by atoms with Crippen LogP contribution in [0.3, 0.4) is 0 Å². The van der Waals surface area contributed by atoms with E-state index in [1.807, 2.05) is 55.7 Å². The van der Waals surface area contributed by atoms with Gasteiger partial charge in [0.15, 0.2) is 0 Å². The number of pyridine rings is 1. The molecule has 0 aliphatic carbocycles. The second-order valence-electron chi connectivity index (χ2n) is 5.48. The quantitative estimate of drug-likeness (QED) is 0.808. The van der Waals surface area contributed by atoms with Crippen molar-refractivity contribution in [1.29, 1.82) is 0 Å². The van der Waals surface area contributed by atoms with Crippen LogP contribution >= 0.6 is 0 Å². The molecule has 0 fully saturated rings. The van der Waals surface area contributed by atoms with Gasteiger partial charge in [0.25, 0.3) is 0 Å². The lowest BCUT2D eigenvalue weighted by Gasteiger charge is -2.24. The first-order valence-electron chi connectivity index (χ1n) is 7.20. The minimum Gasteiger partial charge on any atom is -0.390 e. The van der Waals surface area contributed by atoms with Gasteiger partial charge in [-0.1, -0.05) is 36.4 Å². The molecule has 0 radical (unpaired) electrons. The second-order valence-corrected chi connectivity index (χ2v) is 5.48. The minimum absolute atomic E-state index is 0.260. The maximum absolute atomic E-state index is 10.2. The summed E-state index contributed by atoms with van der Waals surface area (Å²) in [6.07, 6.45) is 3.73. The zero-order chi connectivity index (χ0) is 15.1. The normalized spacial score (nSPS) is 14.1. The Morgan fingerprint density at radius 1 is 1.14 bits per heavy atom. The monoisotopic (exact) mass is 285 g/mol. The van der Waals surface area contributed by atoms with E-state index in [2.05, 4.69) is 9.88 Å². The molecule has 0 spiro atoms. The van der Waals surface area contributed by atoms with Crippen molar-refractivity contribution in [2.75, 3.05) is 13.6 Å². The van der Waals surface area contributed by atoms with Gasteiger partial charge in [0.05, 0.1) is 6.10 Å². The first kappa shape index (κ1) is 15.6. The van der Waals surface area contributed by atoms with E-state index in [1.165, 1.54) is 0 Å². The number of rotatable bonds is 7. The number of nitrogens with zero attached hydrogens (tertiary/aromatic N) is 2. The largest absolute Gasteiger partial charge is 0.390 e. The zero-order valence-electron chi connectivity index (χ0n) is 12.4. The molecule has 112 valence electrons. The summed E-state index contributed by atoms with van der Waals surface area (Å²) < 4.78 is 0. The average molecular weight is 285 g/mol. The fraction of sp³-hybridized carbons (Fsp3) is 0.353. The number of likely N-dealkylation sites (N-methyl/N-ethyl adjacent to an activating group) is 1. The third-order valence-electron chi connectivity index (χ3n) is 3.48. The fourth-order valence-electron chi connectivity index (χ4n) is 2.34. The van der Waals surface area contributed by atoms with Gasteiger partial charge in [-0.3, -0.25) is 9.88 Å². The number of hydrogen-bond acceptors (Lipinski definition) is 4. The number of aromatic nitrogens is 1. The van der Waals surface area contributed by atoms with Crippen LogP contribution < -0.4 is 5.73 Å². The number of aliphatic hydroxyl groups is 1. The molecule has 2 aromatic rings. The van der Waals surface area contributed by atoms with Crippen molar-refractivity contribution in [3.63, 3.8) is 0 Å². The van der Waals surface area contributed by atoms with Crippen molar-refractivity contribution in [2.24, 2.45) is 5.73 Å². The van der Waals surface area contributed by atoms with E-state index >= 15 is 0 Å². The molecule has 0 saturated carbocycles. The van der Waals surface area contributed by atoms with Gasteiger partial charge in [0.1, 0.15) is 0 Å². The van der Waals surface area contributed by atoms with Crippen molar-refractivity contribution in [1.82, 2.24) is 9.88 Å². The third kappa shape index (κ3) is 5.27. The number of benzene rings is 1. The summed E-state index contributed by atoms with van der Waals surface area (Å²) in [5, 5.41) is 10.2. The molecule has 0 bridgehead atoms. The Kier molecular flexibility index (Phi) is 5.87. The first-order chi connectivity index (χ1) is 10.1. The summed E-state index contributed by atoms with van der Waals surface area (Å²) >= 11 is 0. The van der Waals surface area contributed by atoms with Crippen LogP contribution in [0.1, 0.15) is 11.1 Å². The van der Waals surface area contributed by atoms with Crippen molar-refractivity contribution in [3.8, 4) is 0 Å². The van der Waals surface area contributed by atoms with Crippen LogP contribution in [0.5, 0.6) is 0 Å². The molecule has 2 unspecified atom stereocenters. The highest BCUT2D eigenvalue weighted by atomic mass is 16.3. The Hall–Kier alpha value is -1.75. The highest BCUT2D eigenvalue weighted by Crippen LogP contribution is 2.07. The van der Waals surface area contributed by atoms with Gasteiger partial charge in [-0.2, -0.15) is 0 Å². The first-order valence-corrected chi connectivity index (χ1v) is 7.20. The zero-order valence-corrected chi connectivity index (χ0v) is 12.4. The summed E-state index contributed by atoms with van der Waals surface area (Å²) in [6, 6.07) is 13.7. The molecule has 2 rings (SSSR count). The Balaban J connectivity index is 1.81. The maximum Gasteiger partial charge on any atom is 0.0820 e. The molecular weight excluding hydrogens is 262 g/mol. The molecule has 3 N–H and O–H groups in total. The Morgan fingerprint density at radius 3 is 2.52 bits per heavy atom. The van der Waals surface area contributed by atoms with Gasteiger partial charge >= 0.3 is 0 Å².